The summed E-state index contributed by atoms with van der Waals surface area (Å²) in [5.74, 6) is -0.171. The summed E-state index contributed by atoms with van der Waals surface area (Å²) in [7, 11) is 1.41. The molecule has 2 N–H and O–H groups in total. The predicted molar refractivity (Wildman–Crippen MR) is 99.8 cm³/mol. The molecule has 1 aliphatic heterocycles. The topological polar surface area (TPSA) is 46.0 Å². The van der Waals surface area contributed by atoms with Crippen molar-refractivity contribution in [2.24, 2.45) is 0 Å². The van der Waals surface area contributed by atoms with Crippen molar-refractivity contribution in [3.63, 3.8) is 0 Å². The predicted octanol–water partition coefficient (Wildman–Crippen LogP) is 1.04. The fraction of sp³-hybridized carbons (Fsp3) is 0.600. The van der Waals surface area contributed by atoms with Gasteiger partial charge in [-0.3, -0.25) is 4.79 Å². The zero-order valence-electron chi connectivity index (χ0n) is 13.3. The van der Waals surface area contributed by atoms with E-state index in [1.54, 1.807) is 4.90 Å². The van der Waals surface area contributed by atoms with Gasteiger partial charge in [0.1, 0.15) is 6.54 Å². The van der Waals surface area contributed by atoms with Crippen LogP contribution in [0.1, 0.15) is 17.7 Å². The van der Waals surface area contributed by atoms with Crippen LogP contribution in [0, 0.1) is 0 Å². The maximum Gasteiger partial charge on any atom is 0.305 e. The molecule has 0 radical (unpaired) electrons. The number of nitrogens with zero attached hydrogens (tertiary/aromatic N) is 1. The number of quaternary nitrogens is 1. The van der Waals surface area contributed by atoms with Gasteiger partial charge in [-0.2, -0.15) is 0 Å². The fourth-order valence-corrected chi connectivity index (χ4v) is 4.38. The van der Waals surface area contributed by atoms with Crippen LogP contribution in [0.25, 0.3) is 0 Å². The molecular formula is C15H23BrN3O2S2+. The van der Waals surface area contributed by atoms with E-state index in [1.165, 1.54) is 15.8 Å². The normalized spacial score (nSPS) is 15.5. The van der Waals surface area contributed by atoms with Crippen LogP contribution in [0.4, 0.5) is 0 Å². The van der Waals surface area contributed by atoms with Crippen molar-refractivity contribution >= 4 is 50.6 Å². The Labute approximate surface area is 155 Å². The second-order valence-corrected chi connectivity index (χ2v) is 8.47. The molecule has 0 amide bonds. The third-order valence-electron chi connectivity index (χ3n) is 3.87. The molecule has 128 valence electrons. The van der Waals surface area contributed by atoms with Gasteiger partial charge in [0, 0.05) is 13.0 Å². The number of thiophene rings is 1. The average Bonchev–Trinajstić information content (AvgIpc) is 2.96. The Morgan fingerprint density at radius 2 is 2.22 bits per heavy atom. The molecular weight excluding hydrogens is 398 g/mol. The lowest BCUT2D eigenvalue weighted by Crippen LogP contribution is -3.13. The lowest BCUT2D eigenvalue weighted by Gasteiger charge is -2.33. The number of ether oxygens (including phenoxy) is 1. The van der Waals surface area contributed by atoms with Crippen LogP contribution in [0.3, 0.4) is 0 Å². The Kier molecular flexibility index (Phi) is 7.75. The number of thiocarbonyl (C=S) groups is 1. The molecule has 23 heavy (non-hydrogen) atoms. The summed E-state index contributed by atoms with van der Waals surface area (Å²) in [4.78, 5) is 16.3. The molecule has 2 rings (SSSR count). The molecule has 1 saturated heterocycles. The van der Waals surface area contributed by atoms with Gasteiger partial charge in [-0.05, 0) is 46.7 Å². The molecule has 1 aromatic heterocycles. The maximum atomic E-state index is 11.0. The fourth-order valence-electron chi connectivity index (χ4n) is 2.54. The third-order valence-corrected chi connectivity index (χ3v) is 5.90. The van der Waals surface area contributed by atoms with Crippen molar-refractivity contribution in [3.8, 4) is 0 Å². The number of esters is 1. The first-order valence-electron chi connectivity index (χ1n) is 7.76. The molecule has 0 atom stereocenters. The third kappa shape index (κ3) is 6.37. The molecule has 1 aliphatic rings. The van der Waals surface area contributed by atoms with E-state index in [2.05, 4.69) is 43.0 Å². The van der Waals surface area contributed by atoms with Crippen LogP contribution in [0.2, 0.25) is 0 Å². The second-order valence-electron chi connectivity index (χ2n) is 5.53. The van der Waals surface area contributed by atoms with Gasteiger partial charge in [-0.1, -0.05) is 0 Å². The van der Waals surface area contributed by atoms with Crippen molar-refractivity contribution in [1.29, 1.82) is 0 Å². The minimum Gasteiger partial charge on any atom is -0.469 e. The van der Waals surface area contributed by atoms with Gasteiger partial charge < -0.3 is 19.9 Å². The number of nitrogens with one attached hydrogen (secondary N) is 2. The second kappa shape index (κ2) is 9.56. The Hall–Kier alpha value is -0.700. The largest absolute Gasteiger partial charge is 0.469 e. The lowest BCUT2D eigenvalue weighted by molar-refractivity contribution is -0.917. The minimum atomic E-state index is -0.171. The highest BCUT2D eigenvalue weighted by molar-refractivity contribution is 9.11. The zero-order chi connectivity index (χ0) is 16.7. The lowest BCUT2D eigenvalue weighted by atomic mass is 10.3. The highest BCUT2D eigenvalue weighted by Gasteiger charge is 2.22. The van der Waals surface area contributed by atoms with Crippen LogP contribution >= 0.6 is 39.5 Å². The summed E-state index contributed by atoms with van der Waals surface area (Å²) in [5, 5.41) is 4.03. The van der Waals surface area contributed by atoms with Gasteiger partial charge in [0.05, 0.1) is 42.0 Å². The number of piperazine rings is 1. The van der Waals surface area contributed by atoms with Crippen molar-refractivity contribution in [1.82, 2.24) is 10.2 Å². The summed E-state index contributed by atoms with van der Waals surface area (Å²) in [6, 6.07) is 4.31. The highest BCUT2D eigenvalue weighted by Crippen LogP contribution is 2.21. The Morgan fingerprint density at radius 3 is 2.83 bits per heavy atom. The van der Waals surface area contributed by atoms with Crippen LogP contribution < -0.4 is 10.2 Å². The zero-order valence-corrected chi connectivity index (χ0v) is 16.5. The molecule has 0 spiro atoms. The van der Waals surface area contributed by atoms with Gasteiger partial charge in [0.25, 0.3) is 0 Å². The molecule has 0 aromatic carbocycles. The first-order valence-corrected chi connectivity index (χ1v) is 9.77. The van der Waals surface area contributed by atoms with Gasteiger partial charge in [0.15, 0.2) is 5.11 Å². The van der Waals surface area contributed by atoms with E-state index in [-0.39, 0.29) is 5.97 Å². The molecule has 8 heteroatoms. The van der Waals surface area contributed by atoms with Crippen molar-refractivity contribution in [2.45, 2.75) is 19.4 Å². The van der Waals surface area contributed by atoms with Gasteiger partial charge >= 0.3 is 5.97 Å². The van der Waals surface area contributed by atoms with Gasteiger partial charge in [-0.15, -0.1) is 11.3 Å². The van der Waals surface area contributed by atoms with Gasteiger partial charge in [0.2, 0.25) is 0 Å². The van der Waals surface area contributed by atoms with Crippen LogP contribution in [-0.4, -0.2) is 55.8 Å². The molecule has 1 fully saturated rings. The van der Waals surface area contributed by atoms with E-state index in [4.69, 9.17) is 12.2 Å². The molecule has 2 heterocycles. The summed E-state index contributed by atoms with van der Waals surface area (Å²) in [6.45, 7) is 5.95. The number of halogens is 1. The van der Waals surface area contributed by atoms with E-state index in [0.29, 0.717) is 13.0 Å². The van der Waals surface area contributed by atoms with Crippen LogP contribution in [0.15, 0.2) is 15.9 Å². The minimum absolute atomic E-state index is 0.171. The van der Waals surface area contributed by atoms with E-state index in [0.717, 1.165) is 44.3 Å². The Morgan fingerprint density at radius 1 is 1.48 bits per heavy atom. The quantitative estimate of drug-likeness (QED) is 0.409. The van der Waals surface area contributed by atoms with Gasteiger partial charge in [-0.25, -0.2) is 0 Å². The first-order chi connectivity index (χ1) is 11.1. The molecule has 0 saturated carbocycles. The number of methoxy groups -OCH3 is 1. The van der Waals surface area contributed by atoms with Crippen molar-refractivity contribution in [2.75, 3.05) is 39.8 Å². The maximum absolute atomic E-state index is 11.0. The average molecular weight is 421 g/mol. The number of carbonyl (C=O) groups excluding carboxylic acids is 1. The SMILES string of the molecule is COC(=O)CCCNC(=S)N1CC[NH+](Cc2ccc(Br)s2)CC1. The Bertz CT molecular complexity index is 531. The highest BCUT2D eigenvalue weighted by atomic mass is 79.9. The number of rotatable bonds is 6. The van der Waals surface area contributed by atoms with Crippen LogP contribution in [-0.2, 0) is 16.1 Å². The smallest absolute Gasteiger partial charge is 0.305 e. The summed E-state index contributed by atoms with van der Waals surface area (Å²) < 4.78 is 5.82. The first kappa shape index (κ1) is 18.6. The molecule has 0 aliphatic carbocycles. The summed E-state index contributed by atoms with van der Waals surface area (Å²) in [6.07, 6.45) is 1.17. The molecule has 0 bridgehead atoms. The van der Waals surface area contributed by atoms with E-state index in [1.807, 2.05) is 11.3 Å². The number of hydrogen-bond donors (Lipinski definition) is 2. The molecule has 1 aromatic rings. The molecule has 0 unspecified atom stereocenters. The number of hydrogen-bond acceptors (Lipinski definition) is 4. The van der Waals surface area contributed by atoms with E-state index >= 15 is 0 Å². The summed E-state index contributed by atoms with van der Waals surface area (Å²) >= 11 is 10.8. The standard InChI is InChI=1S/C15H22BrN3O2S2/c1-21-14(20)3-2-6-17-15(22)19-9-7-18(8-10-19)11-12-4-5-13(16)23-12/h4-5H,2-3,6-11H2,1H3,(H,17,22)/p+1. The van der Waals surface area contributed by atoms with E-state index in [9.17, 15) is 4.79 Å². The van der Waals surface area contributed by atoms with Crippen LogP contribution in [0.5, 0.6) is 0 Å². The monoisotopic (exact) mass is 420 g/mol. The summed E-state index contributed by atoms with van der Waals surface area (Å²) in [5.41, 5.74) is 0. The van der Waals surface area contributed by atoms with Crippen molar-refractivity contribution in [3.05, 3.63) is 20.8 Å². The van der Waals surface area contributed by atoms with E-state index < -0.39 is 0 Å². The Balaban J connectivity index is 1.63. The molecule has 5 nitrogen and oxygen atoms in total. The number of carbonyl (C=O) groups is 1. The van der Waals surface area contributed by atoms with Crippen molar-refractivity contribution < 1.29 is 14.4 Å².